The van der Waals surface area contributed by atoms with E-state index in [9.17, 15) is 4.79 Å². The smallest absolute Gasteiger partial charge is 0.322 e. The molecule has 0 radical (unpaired) electrons. The van der Waals surface area contributed by atoms with Crippen molar-refractivity contribution in [3.63, 3.8) is 0 Å². The molecule has 110 valence electrons. The van der Waals surface area contributed by atoms with Gasteiger partial charge < -0.3 is 10.1 Å². The largest absolute Gasteiger partial charge is 0.424 e. The molecule has 0 aliphatic carbocycles. The molecule has 5 nitrogen and oxygen atoms in total. The van der Waals surface area contributed by atoms with Gasteiger partial charge in [-0.15, -0.1) is 11.6 Å². The number of hydrogen-bond donors (Lipinski definition) is 1. The summed E-state index contributed by atoms with van der Waals surface area (Å²) in [6.45, 7) is 5.38. The van der Waals surface area contributed by atoms with E-state index in [1.54, 1.807) is 31.2 Å². The summed E-state index contributed by atoms with van der Waals surface area (Å²) in [6, 6.07) is 9.10. The molecule has 1 heterocycles. The van der Waals surface area contributed by atoms with Gasteiger partial charge in [-0.25, -0.2) is 9.97 Å². The number of nitrogens with zero attached hydrogens (tertiary/aromatic N) is 2. The highest BCUT2D eigenvalue weighted by atomic mass is 35.5. The summed E-state index contributed by atoms with van der Waals surface area (Å²) in [5.41, 5.74) is 2.34. The van der Waals surface area contributed by atoms with Crippen LogP contribution in [0.25, 0.3) is 0 Å². The molecule has 0 spiro atoms. The van der Waals surface area contributed by atoms with E-state index in [2.05, 4.69) is 15.3 Å². The van der Waals surface area contributed by atoms with E-state index in [1.807, 2.05) is 19.9 Å². The number of anilines is 1. The molecule has 2 rings (SSSR count). The van der Waals surface area contributed by atoms with E-state index >= 15 is 0 Å². The molecule has 0 fully saturated rings. The van der Waals surface area contributed by atoms with Crippen LogP contribution in [0.4, 0.5) is 5.69 Å². The Hall–Kier alpha value is -2.14. The molecule has 1 aromatic heterocycles. The highest BCUT2D eigenvalue weighted by molar-refractivity contribution is 6.32. The second-order valence-electron chi connectivity index (χ2n) is 4.66. The Morgan fingerprint density at radius 3 is 2.29 bits per heavy atom. The number of carbonyl (C=O) groups excluding carboxylic acids is 1. The molecule has 6 heteroatoms. The third-order valence-electron chi connectivity index (χ3n) is 2.65. The number of amides is 1. The lowest BCUT2D eigenvalue weighted by atomic mass is 10.3. The molecule has 2 aromatic rings. The maximum absolute atomic E-state index is 11.5. The van der Waals surface area contributed by atoms with Crippen LogP contribution in [0.15, 0.2) is 30.3 Å². The number of aryl methyl sites for hydroxylation is 2. The minimum absolute atomic E-state index is 0.247. The van der Waals surface area contributed by atoms with Crippen LogP contribution in [0.1, 0.15) is 18.3 Å². The van der Waals surface area contributed by atoms with Crippen LogP contribution in [-0.4, -0.2) is 21.3 Å². The lowest BCUT2D eigenvalue weighted by Crippen LogP contribution is -2.20. The molecule has 0 saturated heterocycles. The number of alkyl halides is 1. The monoisotopic (exact) mass is 305 g/mol. The van der Waals surface area contributed by atoms with Crippen molar-refractivity contribution >= 4 is 23.2 Å². The van der Waals surface area contributed by atoms with E-state index in [4.69, 9.17) is 16.3 Å². The van der Waals surface area contributed by atoms with Gasteiger partial charge in [0, 0.05) is 17.1 Å². The average molecular weight is 306 g/mol. The van der Waals surface area contributed by atoms with E-state index in [0.29, 0.717) is 17.4 Å². The van der Waals surface area contributed by atoms with Gasteiger partial charge in [0.2, 0.25) is 5.91 Å². The van der Waals surface area contributed by atoms with Gasteiger partial charge >= 0.3 is 6.01 Å². The molecular formula is C15H16ClN3O2. The van der Waals surface area contributed by atoms with Crippen molar-refractivity contribution in [3.8, 4) is 11.8 Å². The topological polar surface area (TPSA) is 64.1 Å². The Balaban J connectivity index is 2.07. The Kier molecular flexibility index (Phi) is 4.75. The molecule has 1 atom stereocenters. The predicted octanol–water partition coefficient (Wildman–Crippen LogP) is 3.45. The van der Waals surface area contributed by atoms with Crippen LogP contribution in [-0.2, 0) is 4.79 Å². The number of ether oxygens (including phenoxy) is 1. The number of aromatic nitrogens is 2. The zero-order valence-corrected chi connectivity index (χ0v) is 12.8. The summed E-state index contributed by atoms with van der Waals surface area (Å²) in [7, 11) is 0. The highest BCUT2D eigenvalue weighted by Crippen LogP contribution is 2.21. The van der Waals surface area contributed by atoms with Crippen molar-refractivity contribution in [1.82, 2.24) is 9.97 Å². The molecule has 1 unspecified atom stereocenters. The van der Waals surface area contributed by atoms with Gasteiger partial charge in [0.15, 0.2) is 0 Å². The third-order valence-corrected chi connectivity index (χ3v) is 2.85. The van der Waals surface area contributed by atoms with Crippen LogP contribution in [0.2, 0.25) is 0 Å². The maximum atomic E-state index is 11.5. The Morgan fingerprint density at radius 1 is 1.19 bits per heavy atom. The summed E-state index contributed by atoms with van der Waals surface area (Å²) in [6.07, 6.45) is 0. The van der Waals surface area contributed by atoms with Crippen LogP contribution in [0.5, 0.6) is 11.8 Å². The number of carbonyl (C=O) groups is 1. The first-order valence-corrected chi connectivity index (χ1v) is 6.93. The normalized spacial score (nSPS) is 11.8. The van der Waals surface area contributed by atoms with Gasteiger partial charge in [-0.3, -0.25) is 4.79 Å². The Morgan fingerprint density at radius 2 is 1.76 bits per heavy atom. The van der Waals surface area contributed by atoms with Crippen molar-refractivity contribution in [3.05, 3.63) is 41.7 Å². The highest BCUT2D eigenvalue weighted by Gasteiger charge is 2.09. The number of benzene rings is 1. The van der Waals surface area contributed by atoms with Gasteiger partial charge in [0.25, 0.3) is 0 Å². The van der Waals surface area contributed by atoms with Gasteiger partial charge in [0.1, 0.15) is 11.1 Å². The predicted molar refractivity (Wildman–Crippen MR) is 82.0 cm³/mol. The molecule has 0 aliphatic heterocycles. The van der Waals surface area contributed by atoms with Gasteiger partial charge in [-0.2, -0.15) is 0 Å². The quantitative estimate of drug-likeness (QED) is 0.879. The van der Waals surface area contributed by atoms with Crippen molar-refractivity contribution in [2.45, 2.75) is 26.1 Å². The summed E-state index contributed by atoms with van der Waals surface area (Å²) >= 11 is 5.69. The van der Waals surface area contributed by atoms with Gasteiger partial charge in [-0.1, -0.05) is 0 Å². The molecular weight excluding hydrogens is 290 g/mol. The van der Waals surface area contributed by atoms with E-state index in [0.717, 1.165) is 11.4 Å². The van der Waals surface area contributed by atoms with Crippen molar-refractivity contribution in [1.29, 1.82) is 0 Å². The number of rotatable bonds is 4. The molecule has 1 amide bonds. The van der Waals surface area contributed by atoms with Crippen LogP contribution >= 0.6 is 11.6 Å². The van der Waals surface area contributed by atoms with Gasteiger partial charge in [-0.05, 0) is 51.1 Å². The lowest BCUT2D eigenvalue weighted by Gasteiger charge is -2.08. The fourth-order valence-electron chi connectivity index (χ4n) is 1.69. The first kappa shape index (κ1) is 15.3. The minimum Gasteiger partial charge on any atom is -0.424 e. The zero-order chi connectivity index (χ0) is 15.4. The van der Waals surface area contributed by atoms with E-state index < -0.39 is 5.38 Å². The van der Waals surface area contributed by atoms with Gasteiger partial charge in [0.05, 0.1) is 0 Å². The van der Waals surface area contributed by atoms with E-state index in [-0.39, 0.29) is 5.91 Å². The second-order valence-corrected chi connectivity index (χ2v) is 5.32. The number of halogens is 1. The summed E-state index contributed by atoms with van der Waals surface area (Å²) in [4.78, 5) is 19.9. The Bertz CT molecular complexity index is 622. The molecule has 0 bridgehead atoms. The number of hydrogen-bond acceptors (Lipinski definition) is 4. The van der Waals surface area contributed by atoms with Crippen LogP contribution < -0.4 is 10.1 Å². The average Bonchev–Trinajstić information content (AvgIpc) is 2.39. The molecule has 0 saturated carbocycles. The van der Waals surface area contributed by atoms with Crippen LogP contribution in [0, 0.1) is 13.8 Å². The fraction of sp³-hybridized carbons (Fsp3) is 0.267. The Labute approximate surface area is 128 Å². The summed E-state index contributed by atoms with van der Waals surface area (Å²) in [5.74, 6) is 0.347. The van der Waals surface area contributed by atoms with E-state index in [1.165, 1.54) is 0 Å². The third kappa shape index (κ3) is 4.43. The summed E-state index contributed by atoms with van der Waals surface area (Å²) < 4.78 is 5.59. The van der Waals surface area contributed by atoms with Crippen LogP contribution in [0.3, 0.4) is 0 Å². The molecule has 1 aromatic carbocycles. The first-order valence-electron chi connectivity index (χ1n) is 6.49. The molecule has 21 heavy (non-hydrogen) atoms. The summed E-state index contributed by atoms with van der Waals surface area (Å²) in [5, 5.41) is 2.11. The standard InChI is InChI=1S/C15H16ClN3O2/c1-9-8-10(2)18-15(17-9)21-13-6-4-12(5-7-13)19-14(20)11(3)16/h4-8,11H,1-3H3,(H,19,20). The number of nitrogens with one attached hydrogen (secondary N) is 1. The SMILES string of the molecule is Cc1cc(C)nc(Oc2ccc(NC(=O)C(C)Cl)cc2)n1. The zero-order valence-electron chi connectivity index (χ0n) is 12.1. The maximum Gasteiger partial charge on any atom is 0.322 e. The molecule has 1 N–H and O–H groups in total. The fourth-order valence-corrected chi connectivity index (χ4v) is 1.75. The lowest BCUT2D eigenvalue weighted by molar-refractivity contribution is -0.115. The first-order chi connectivity index (χ1) is 9.94. The second kappa shape index (κ2) is 6.54. The van der Waals surface area contributed by atoms with Crippen molar-refractivity contribution in [2.75, 3.05) is 5.32 Å². The minimum atomic E-state index is -0.579. The molecule has 0 aliphatic rings. The van der Waals surface area contributed by atoms with Crippen molar-refractivity contribution < 1.29 is 9.53 Å². The van der Waals surface area contributed by atoms with Crippen molar-refractivity contribution in [2.24, 2.45) is 0 Å².